The van der Waals surface area contributed by atoms with Gasteiger partial charge < -0.3 is 19.1 Å². The Hall–Kier alpha value is -2.50. The van der Waals surface area contributed by atoms with E-state index in [1.54, 1.807) is 12.0 Å². The molecule has 1 aliphatic carbocycles. The molecule has 0 radical (unpaired) electrons. The van der Waals surface area contributed by atoms with E-state index in [2.05, 4.69) is 0 Å². The van der Waals surface area contributed by atoms with Crippen LogP contribution < -0.4 is 9.47 Å². The van der Waals surface area contributed by atoms with Crippen LogP contribution >= 0.6 is 0 Å². The standard InChI is InChI=1S/C22H27NO5/c1-26-18-9-6-10-19-16(18)12-15-13-23(21(24)20(15)28-19)17(22(25)27-2)11-14-7-4-3-5-8-14/h6,9-10,12,14,17,20H,3-5,7-8,11,13H2,1-2H3. The Kier molecular flexibility index (Phi) is 5.29. The molecule has 0 aromatic heterocycles. The molecule has 0 spiro atoms. The summed E-state index contributed by atoms with van der Waals surface area (Å²) in [6.45, 7) is 0.382. The summed E-state index contributed by atoms with van der Waals surface area (Å²) in [5.74, 6) is 1.30. The van der Waals surface area contributed by atoms with E-state index in [4.69, 9.17) is 14.2 Å². The summed E-state index contributed by atoms with van der Waals surface area (Å²) in [7, 11) is 3.00. The third kappa shape index (κ3) is 3.36. The lowest BCUT2D eigenvalue weighted by Gasteiger charge is -2.30. The Balaban J connectivity index is 1.59. The van der Waals surface area contributed by atoms with E-state index < -0.39 is 12.1 Å². The van der Waals surface area contributed by atoms with Gasteiger partial charge in [-0.05, 0) is 36.1 Å². The van der Waals surface area contributed by atoms with Gasteiger partial charge in [0.1, 0.15) is 17.5 Å². The van der Waals surface area contributed by atoms with Crippen molar-refractivity contribution in [3.05, 3.63) is 29.3 Å². The summed E-state index contributed by atoms with van der Waals surface area (Å²) in [4.78, 5) is 27.3. The maximum absolute atomic E-state index is 13.1. The Morgan fingerprint density at radius 1 is 1.25 bits per heavy atom. The van der Waals surface area contributed by atoms with Crippen LogP contribution in [0.25, 0.3) is 6.08 Å². The number of likely N-dealkylation sites (tertiary alicyclic amines) is 1. The lowest BCUT2D eigenvalue weighted by atomic mass is 9.84. The fourth-order valence-corrected chi connectivity index (χ4v) is 4.66. The first-order valence-corrected chi connectivity index (χ1v) is 10.0. The summed E-state index contributed by atoms with van der Waals surface area (Å²) >= 11 is 0. The van der Waals surface area contributed by atoms with Crippen molar-refractivity contribution in [1.82, 2.24) is 4.90 Å². The molecule has 1 saturated heterocycles. The van der Waals surface area contributed by atoms with Crippen LogP contribution in [0.1, 0.15) is 44.1 Å². The molecule has 1 aromatic rings. The zero-order chi connectivity index (χ0) is 19.7. The zero-order valence-corrected chi connectivity index (χ0v) is 16.5. The molecule has 1 amide bonds. The van der Waals surface area contributed by atoms with Crippen molar-refractivity contribution in [2.75, 3.05) is 20.8 Å². The van der Waals surface area contributed by atoms with Gasteiger partial charge in [-0.25, -0.2) is 4.79 Å². The molecule has 0 N–H and O–H groups in total. The molecule has 2 fully saturated rings. The highest BCUT2D eigenvalue weighted by Crippen LogP contribution is 2.40. The Morgan fingerprint density at radius 2 is 2.04 bits per heavy atom. The van der Waals surface area contributed by atoms with E-state index in [1.807, 2.05) is 24.3 Å². The molecule has 150 valence electrons. The van der Waals surface area contributed by atoms with E-state index in [-0.39, 0.29) is 11.9 Å². The number of hydrogen-bond donors (Lipinski definition) is 0. The van der Waals surface area contributed by atoms with Gasteiger partial charge in [0.05, 0.1) is 19.8 Å². The molecular weight excluding hydrogens is 358 g/mol. The van der Waals surface area contributed by atoms with Gasteiger partial charge >= 0.3 is 5.97 Å². The minimum absolute atomic E-state index is 0.161. The molecular formula is C22H27NO5. The first-order valence-electron chi connectivity index (χ1n) is 10.0. The molecule has 2 aliphatic heterocycles. The van der Waals surface area contributed by atoms with Crippen molar-refractivity contribution < 1.29 is 23.8 Å². The summed E-state index contributed by atoms with van der Waals surface area (Å²) in [6.07, 6.45) is 7.83. The van der Waals surface area contributed by atoms with Gasteiger partial charge in [0, 0.05) is 6.54 Å². The van der Waals surface area contributed by atoms with E-state index in [0.29, 0.717) is 30.4 Å². The van der Waals surface area contributed by atoms with Crippen LogP contribution in [0.15, 0.2) is 23.8 Å². The Bertz CT molecular complexity index is 796. The van der Waals surface area contributed by atoms with E-state index in [1.165, 1.54) is 26.4 Å². The monoisotopic (exact) mass is 385 g/mol. The molecule has 3 aliphatic rings. The number of fused-ring (bicyclic) bond motifs is 2. The van der Waals surface area contributed by atoms with Crippen LogP contribution in [0.3, 0.4) is 0 Å². The summed E-state index contributed by atoms with van der Waals surface area (Å²) < 4.78 is 16.5. The van der Waals surface area contributed by atoms with Crippen LogP contribution in [0, 0.1) is 5.92 Å². The smallest absolute Gasteiger partial charge is 0.328 e. The topological polar surface area (TPSA) is 65.1 Å². The largest absolute Gasteiger partial charge is 0.496 e. The predicted molar refractivity (Wildman–Crippen MR) is 104 cm³/mol. The second kappa shape index (κ2) is 7.86. The first-order chi connectivity index (χ1) is 13.6. The van der Waals surface area contributed by atoms with Gasteiger partial charge in [-0.1, -0.05) is 38.2 Å². The lowest BCUT2D eigenvalue weighted by molar-refractivity contribution is -0.153. The van der Waals surface area contributed by atoms with Crippen molar-refractivity contribution >= 4 is 18.0 Å². The lowest BCUT2D eigenvalue weighted by Crippen LogP contribution is -2.46. The van der Waals surface area contributed by atoms with Gasteiger partial charge in [-0.2, -0.15) is 0 Å². The highest BCUT2D eigenvalue weighted by molar-refractivity contribution is 5.95. The van der Waals surface area contributed by atoms with Gasteiger partial charge in [0.15, 0.2) is 6.10 Å². The second-order valence-corrected chi connectivity index (χ2v) is 7.83. The van der Waals surface area contributed by atoms with E-state index in [0.717, 1.165) is 24.0 Å². The zero-order valence-electron chi connectivity index (χ0n) is 16.5. The molecule has 4 rings (SSSR count). The molecule has 28 heavy (non-hydrogen) atoms. The third-order valence-corrected chi connectivity index (χ3v) is 6.15. The highest BCUT2D eigenvalue weighted by atomic mass is 16.5. The highest BCUT2D eigenvalue weighted by Gasteiger charge is 2.46. The Labute approximate surface area is 165 Å². The summed E-state index contributed by atoms with van der Waals surface area (Å²) in [5, 5.41) is 0. The molecule has 0 bridgehead atoms. The van der Waals surface area contributed by atoms with Crippen LogP contribution in [-0.4, -0.2) is 49.7 Å². The fourth-order valence-electron chi connectivity index (χ4n) is 4.66. The number of methoxy groups -OCH3 is 2. The van der Waals surface area contributed by atoms with Crippen LogP contribution in [0.4, 0.5) is 0 Å². The van der Waals surface area contributed by atoms with Crippen LogP contribution in [-0.2, 0) is 14.3 Å². The first kappa shape index (κ1) is 18.8. The fraction of sp³-hybridized carbons (Fsp3) is 0.545. The molecule has 2 heterocycles. The van der Waals surface area contributed by atoms with Crippen molar-refractivity contribution in [2.24, 2.45) is 5.92 Å². The number of esters is 1. The molecule has 2 unspecified atom stereocenters. The minimum Gasteiger partial charge on any atom is -0.496 e. The average molecular weight is 385 g/mol. The molecule has 1 aromatic carbocycles. The van der Waals surface area contributed by atoms with Crippen molar-refractivity contribution in [3.63, 3.8) is 0 Å². The minimum atomic E-state index is -0.668. The third-order valence-electron chi connectivity index (χ3n) is 6.15. The number of carbonyl (C=O) groups is 2. The van der Waals surface area contributed by atoms with Gasteiger partial charge in [0.25, 0.3) is 5.91 Å². The molecule has 6 heteroatoms. The quantitative estimate of drug-likeness (QED) is 0.729. The van der Waals surface area contributed by atoms with Gasteiger partial charge in [0.2, 0.25) is 0 Å². The maximum atomic E-state index is 13.1. The van der Waals surface area contributed by atoms with E-state index in [9.17, 15) is 9.59 Å². The van der Waals surface area contributed by atoms with Crippen molar-refractivity contribution in [1.29, 1.82) is 0 Å². The number of amides is 1. The van der Waals surface area contributed by atoms with Crippen LogP contribution in [0.5, 0.6) is 11.5 Å². The van der Waals surface area contributed by atoms with Crippen LogP contribution in [0.2, 0.25) is 0 Å². The summed E-state index contributed by atoms with van der Waals surface area (Å²) in [6, 6.07) is 4.99. The van der Waals surface area contributed by atoms with Gasteiger partial charge in [-0.3, -0.25) is 4.79 Å². The number of rotatable bonds is 5. The molecule has 2 atom stereocenters. The van der Waals surface area contributed by atoms with E-state index >= 15 is 0 Å². The number of ether oxygens (including phenoxy) is 3. The number of carbonyl (C=O) groups excluding carboxylic acids is 2. The maximum Gasteiger partial charge on any atom is 0.328 e. The normalized spacial score (nSPS) is 22.6. The summed E-state index contributed by atoms with van der Waals surface area (Å²) in [5.41, 5.74) is 1.70. The van der Waals surface area contributed by atoms with Crippen molar-refractivity contribution in [2.45, 2.75) is 50.7 Å². The number of nitrogens with zero attached hydrogens (tertiary/aromatic N) is 1. The average Bonchev–Trinajstić information content (AvgIpc) is 3.05. The Morgan fingerprint density at radius 3 is 2.75 bits per heavy atom. The molecule has 1 saturated carbocycles. The van der Waals surface area contributed by atoms with Gasteiger partial charge in [-0.15, -0.1) is 0 Å². The SMILES string of the molecule is COC(=O)C(CC1CCCCC1)N1CC2=Cc3c(OC)cccc3OC2C1=O. The molecule has 6 nitrogen and oxygen atoms in total. The predicted octanol–water partition coefficient (Wildman–Crippen LogP) is 3.19. The number of benzene rings is 1. The second-order valence-electron chi connectivity index (χ2n) is 7.83. The number of hydrogen-bond acceptors (Lipinski definition) is 5. The van der Waals surface area contributed by atoms with Crippen molar-refractivity contribution in [3.8, 4) is 11.5 Å².